The lowest BCUT2D eigenvalue weighted by Crippen LogP contribution is -2.31. The number of carbonyl (C=O) groups excluding carboxylic acids is 1. The molecule has 7 nitrogen and oxygen atoms in total. The molecular formula is C13H19N5O2S. The zero-order valence-electron chi connectivity index (χ0n) is 12.0. The number of rotatable bonds is 3. The van der Waals surface area contributed by atoms with E-state index in [0.29, 0.717) is 6.54 Å². The molecule has 1 saturated heterocycles. The van der Waals surface area contributed by atoms with Gasteiger partial charge in [-0.2, -0.15) is 0 Å². The quantitative estimate of drug-likeness (QED) is 0.621. The van der Waals surface area contributed by atoms with E-state index in [1.807, 2.05) is 6.26 Å². The summed E-state index contributed by atoms with van der Waals surface area (Å²) in [6.45, 7) is 3.20. The standard InChI is InChI=1S/C13H19N5O2S/c1-21-13-16-10-6-15-4-2-9(10)11(17-13)18-5-3-8(7-18)20-12(14)19/h8,15H,2-7H2,1H3,(H2,14,19). The van der Waals surface area contributed by atoms with Crippen molar-refractivity contribution in [2.45, 2.75) is 30.6 Å². The van der Waals surface area contributed by atoms with E-state index in [4.69, 9.17) is 10.5 Å². The second-order valence-electron chi connectivity index (χ2n) is 5.18. The first-order valence-corrected chi connectivity index (χ1v) is 8.25. The van der Waals surface area contributed by atoms with E-state index in [-0.39, 0.29) is 6.10 Å². The van der Waals surface area contributed by atoms with Gasteiger partial charge in [-0.05, 0) is 19.2 Å². The Morgan fingerprint density at radius 1 is 1.52 bits per heavy atom. The zero-order chi connectivity index (χ0) is 14.8. The number of nitrogens with two attached hydrogens (primary N) is 1. The van der Waals surface area contributed by atoms with Crippen molar-refractivity contribution >= 4 is 23.7 Å². The Morgan fingerprint density at radius 3 is 3.14 bits per heavy atom. The van der Waals surface area contributed by atoms with Crippen LogP contribution in [0.25, 0.3) is 0 Å². The van der Waals surface area contributed by atoms with Crippen LogP contribution in [0.2, 0.25) is 0 Å². The molecule has 1 amide bonds. The molecule has 1 atom stereocenters. The molecular weight excluding hydrogens is 290 g/mol. The second-order valence-corrected chi connectivity index (χ2v) is 5.95. The van der Waals surface area contributed by atoms with Crippen LogP contribution in [0.5, 0.6) is 0 Å². The number of primary amides is 1. The Labute approximate surface area is 127 Å². The minimum absolute atomic E-state index is 0.146. The first kappa shape index (κ1) is 14.4. The van der Waals surface area contributed by atoms with Crippen molar-refractivity contribution in [1.82, 2.24) is 15.3 Å². The lowest BCUT2D eigenvalue weighted by atomic mass is 10.1. The highest BCUT2D eigenvalue weighted by atomic mass is 32.2. The number of hydrogen-bond donors (Lipinski definition) is 2. The van der Waals surface area contributed by atoms with Gasteiger partial charge in [0.2, 0.25) is 0 Å². The Balaban J connectivity index is 1.86. The van der Waals surface area contributed by atoms with Gasteiger partial charge < -0.3 is 20.7 Å². The van der Waals surface area contributed by atoms with Crippen LogP contribution in [0.4, 0.5) is 10.6 Å². The summed E-state index contributed by atoms with van der Waals surface area (Å²) < 4.78 is 5.10. The summed E-state index contributed by atoms with van der Waals surface area (Å²) in [4.78, 5) is 22.3. The van der Waals surface area contributed by atoms with Gasteiger partial charge in [0, 0.05) is 25.1 Å². The highest BCUT2D eigenvalue weighted by Crippen LogP contribution is 2.29. The van der Waals surface area contributed by atoms with Gasteiger partial charge in [-0.1, -0.05) is 11.8 Å². The van der Waals surface area contributed by atoms with Crippen LogP contribution in [0.15, 0.2) is 5.16 Å². The number of anilines is 1. The summed E-state index contributed by atoms with van der Waals surface area (Å²) in [5, 5.41) is 4.12. The second kappa shape index (κ2) is 6.07. The Kier molecular flexibility index (Phi) is 4.16. The number of carbonyl (C=O) groups is 1. The predicted octanol–water partition coefficient (Wildman–Crippen LogP) is 0.518. The van der Waals surface area contributed by atoms with Gasteiger partial charge in [-0.15, -0.1) is 0 Å². The van der Waals surface area contributed by atoms with Crippen molar-refractivity contribution in [3.8, 4) is 0 Å². The Bertz CT molecular complexity index is 554. The molecule has 3 heterocycles. The molecule has 1 unspecified atom stereocenters. The molecule has 3 rings (SSSR count). The summed E-state index contributed by atoms with van der Waals surface area (Å²) in [5.41, 5.74) is 7.39. The molecule has 0 bridgehead atoms. The number of amides is 1. The van der Waals surface area contributed by atoms with Gasteiger partial charge in [0.1, 0.15) is 11.9 Å². The molecule has 21 heavy (non-hydrogen) atoms. The molecule has 8 heteroatoms. The maximum atomic E-state index is 10.9. The number of nitrogens with one attached hydrogen (secondary N) is 1. The smallest absolute Gasteiger partial charge is 0.404 e. The third-order valence-corrected chi connectivity index (χ3v) is 4.35. The van der Waals surface area contributed by atoms with Gasteiger partial charge in [0.15, 0.2) is 5.16 Å². The lowest BCUT2D eigenvalue weighted by molar-refractivity contribution is 0.117. The van der Waals surface area contributed by atoms with Gasteiger partial charge in [-0.3, -0.25) is 0 Å². The van der Waals surface area contributed by atoms with E-state index in [0.717, 1.165) is 49.1 Å². The van der Waals surface area contributed by atoms with E-state index in [2.05, 4.69) is 20.2 Å². The summed E-state index contributed by atoms with van der Waals surface area (Å²) in [6.07, 6.45) is 2.84. The predicted molar refractivity (Wildman–Crippen MR) is 80.5 cm³/mol. The summed E-state index contributed by atoms with van der Waals surface area (Å²) in [6, 6.07) is 0. The van der Waals surface area contributed by atoms with Crippen LogP contribution in [0.1, 0.15) is 17.7 Å². The fourth-order valence-corrected chi connectivity index (χ4v) is 3.23. The van der Waals surface area contributed by atoms with Gasteiger partial charge in [-0.25, -0.2) is 14.8 Å². The molecule has 114 valence electrons. The monoisotopic (exact) mass is 309 g/mol. The van der Waals surface area contributed by atoms with Crippen LogP contribution in [-0.2, 0) is 17.7 Å². The van der Waals surface area contributed by atoms with E-state index in [9.17, 15) is 4.79 Å². The van der Waals surface area contributed by atoms with Crippen molar-refractivity contribution in [1.29, 1.82) is 0 Å². The normalized spacial score (nSPS) is 21.2. The SMILES string of the molecule is CSc1nc2c(c(N3CCC(OC(N)=O)C3)n1)CCNC2. The molecule has 1 aromatic heterocycles. The van der Waals surface area contributed by atoms with E-state index >= 15 is 0 Å². The molecule has 0 aromatic carbocycles. The maximum Gasteiger partial charge on any atom is 0.404 e. The third-order valence-electron chi connectivity index (χ3n) is 3.80. The number of ether oxygens (including phenoxy) is 1. The number of fused-ring (bicyclic) bond motifs is 1. The Morgan fingerprint density at radius 2 is 2.38 bits per heavy atom. The summed E-state index contributed by atoms with van der Waals surface area (Å²) in [5.74, 6) is 0.987. The highest BCUT2D eigenvalue weighted by molar-refractivity contribution is 7.98. The van der Waals surface area contributed by atoms with E-state index in [1.54, 1.807) is 11.8 Å². The van der Waals surface area contributed by atoms with E-state index in [1.165, 1.54) is 5.56 Å². The topological polar surface area (TPSA) is 93.4 Å². The minimum atomic E-state index is -0.708. The first-order valence-electron chi connectivity index (χ1n) is 7.03. The van der Waals surface area contributed by atoms with Crippen molar-refractivity contribution in [3.05, 3.63) is 11.3 Å². The Hall–Kier alpha value is -1.54. The number of aromatic nitrogens is 2. The molecule has 3 N–H and O–H groups in total. The molecule has 1 aromatic rings. The molecule has 0 saturated carbocycles. The average molecular weight is 309 g/mol. The van der Waals surface area contributed by atoms with Crippen molar-refractivity contribution in [2.75, 3.05) is 30.8 Å². The zero-order valence-corrected chi connectivity index (χ0v) is 12.8. The highest BCUT2D eigenvalue weighted by Gasteiger charge is 2.29. The average Bonchev–Trinajstić information content (AvgIpc) is 2.93. The van der Waals surface area contributed by atoms with Crippen LogP contribution < -0.4 is 16.0 Å². The number of nitrogens with zero attached hydrogens (tertiary/aromatic N) is 3. The lowest BCUT2D eigenvalue weighted by Gasteiger charge is -2.25. The van der Waals surface area contributed by atoms with Crippen molar-refractivity contribution < 1.29 is 9.53 Å². The number of thioether (sulfide) groups is 1. The maximum absolute atomic E-state index is 10.9. The van der Waals surface area contributed by atoms with Crippen LogP contribution >= 0.6 is 11.8 Å². The largest absolute Gasteiger partial charge is 0.444 e. The van der Waals surface area contributed by atoms with Gasteiger partial charge in [0.25, 0.3) is 0 Å². The van der Waals surface area contributed by atoms with Crippen LogP contribution in [0.3, 0.4) is 0 Å². The van der Waals surface area contributed by atoms with Crippen LogP contribution in [0, 0.1) is 0 Å². The summed E-state index contributed by atoms with van der Waals surface area (Å²) in [7, 11) is 0. The van der Waals surface area contributed by atoms with Crippen molar-refractivity contribution in [3.63, 3.8) is 0 Å². The third kappa shape index (κ3) is 3.06. The fraction of sp³-hybridized carbons (Fsp3) is 0.615. The minimum Gasteiger partial charge on any atom is -0.444 e. The number of hydrogen-bond acceptors (Lipinski definition) is 7. The molecule has 0 aliphatic carbocycles. The van der Waals surface area contributed by atoms with Crippen LogP contribution in [-0.4, -0.2) is 48.1 Å². The van der Waals surface area contributed by atoms with Gasteiger partial charge >= 0.3 is 6.09 Å². The van der Waals surface area contributed by atoms with Gasteiger partial charge in [0.05, 0.1) is 12.2 Å². The van der Waals surface area contributed by atoms with E-state index < -0.39 is 6.09 Å². The fourth-order valence-electron chi connectivity index (χ4n) is 2.85. The molecule has 2 aliphatic heterocycles. The first-order chi connectivity index (χ1) is 10.2. The van der Waals surface area contributed by atoms with Crippen molar-refractivity contribution in [2.24, 2.45) is 5.73 Å². The molecule has 1 fully saturated rings. The molecule has 0 radical (unpaired) electrons. The molecule has 2 aliphatic rings. The summed E-state index contributed by atoms with van der Waals surface area (Å²) >= 11 is 1.54. The molecule has 0 spiro atoms.